The van der Waals surface area contributed by atoms with Crippen LogP contribution in [0.1, 0.15) is 5.56 Å². The number of ether oxygens (including phenoxy) is 1. The normalized spacial score (nSPS) is 21.5. The van der Waals surface area contributed by atoms with Crippen molar-refractivity contribution < 1.29 is 9.84 Å². The van der Waals surface area contributed by atoms with Crippen LogP contribution in [0.5, 0.6) is 11.5 Å². The van der Waals surface area contributed by atoms with Crippen LogP contribution < -0.4 is 10.1 Å². The molecule has 3 rings (SSSR count). The van der Waals surface area contributed by atoms with Gasteiger partial charge in [0.15, 0.2) is 17.6 Å². The van der Waals surface area contributed by atoms with Gasteiger partial charge in [-0.05, 0) is 6.07 Å². The maximum Gasteiger partial charge on any atom is 0.165 e. The Kier molecular flexibility index (Phi) is 3.05. The summed E-state index contributed by atoms with van der Waals surface area (Å²) in [5.41, 5.74) is 1.05. The van der Waals surface area contributed by atoms with Gasteiger partial charge in [0.2, 0.25) is 0 Å². The predicted molar refractivity (Wildman–Crippen MR) is 66.9 cm³/mol. The number of amidine groups is 1. The summed E-state index contributed by atoms with van der Waals surface area (Å²) in [6.07, 6.45) is 0.742. The number of aliphatic imine (C=N–C) groups is 1. The van der Waals surface area contributed by atoms with Gasteiger partial charge in [-0.25, -0.2) is 0 Å². The van der Waals surface area contributed by atoms with Crippen molar-refractivity contribution >= 4 is 22.8 Å². The minimum Gasteiger partial charge on any atom is -0.504 e. The van der Waals surface area contributed by atoms with E-state index in [9.17, 15) is 5.11 Å². The molecule has 0 radical (unpaired) electrons. The number of benzene rings is 1. The molecule has 16 heavy (non-hydrogen) atoms. The first-order valence-electron chi connectivity index (χ1n) is 5.10. The largest absolute Gasteiger partial charge is 0.504 e. The van der Waals surface area contributed by atoms with Gasteiger partial charge in [0.05, 0.1) is 6.54 Å². The lowest BCUT2D eigenvalue weighted by Gasteiger charge is -2.10. The van der Waals surface area contributed by atoms with E-state index < -0.39 is 0 Å². The summed E-state index contributed by atoms with van der Waals surface area (Å²) in [4.78, 5) is 4.33. The van der Waals surface area contributed by atoms with Crippen molar-refractivity contribution in [3.05, 3.63) is 23.8 Å². The lowest BCUT2D eigenvalue weighted by Crippen LogP contribution is -2.34. The van der Waals surface area contributed by atoms with Crippen molar-refractivity contribution in [1.29, 1.82) is 0 Å². The zero-order valence-corrected chi connectivity index (χ0v) is 10.4. The van der Waals surface area contributed by atoms with E-state index in [2.05, 4.69) is 10.3 Å². The Morgan fingerprint density at radius 2 is 2.31 bits per heavy atom. The number of hydrogen-bond acceptors (Lipinski definition) is 4. The summed E-state index contributed by atoms with van der Waals surface area (Å²) in [5.74, 6) is 1.73. The molecule has 0 amide bonds. The molecule has 1 aromatic carbocycles. The SMILES string of the molecule is Br.Oc1cccc2c1OC(C1=NCCN1)C2. The molecule has 2 aliphatic heterocycles. The fourth-order valence-electron chi connectivity index (χ4n) is 2.04. The molecular weight excluding hydrogens is 272 g/mol. The van der Waals surface area contributed by atoms with Crippen LogP contribution in [0.4, 0.5) is 0 Å². The first-order valence-corrected chi connectivity index (χ1v) is 5.10. The summed E-state index contributed by atoms with van der Waals surface area (Å²) in [6.45, 7) is 1.70. The second-order valence-electron chi connectivity index (χ2n) is 3.77. The topological polar surface area (TPSA) is 53.9 Å². The highest BCUT2D eigenvalue weighted by Gasteiger charge is 2.30. The first kappa shape index (κ1) is 11.3. The van der Waals surface area contributed by atoms with Crippen LogP contribution in [0.25, 0.3) is 0 Å². The molecule has 4 nitrogen and oxygen atoms in total. The van der Waals surface area contributed by atoms with Crippen molar-refractivity contribution in [2.24, 2.45) is 4.99 Å². The molecule has 2 N–H and O–H groups in total. The third kappa shape index (κ3) is 1.75. The van der Waals surface area contributed by atoms with Crippen LogP contribution in [0.3, 0.4) is 0 Å². The second kappa shape index (κ2) is 4.33. The van der Waals surface area contributed by atoms with E-state index >= 15 is 0 Å². The fraction of sp³-hybridized carbons (Fsp3) is 0.364. The van der Waals surface area contributed by atoms with Gasteiger partial charge >= 0.3 is 0 Å². The Balaban J connectivity index is 0.000000963. The number of phenols is 1. The van der Waals surface area contributed by atoms with Crippen LogP contribution in [-0.4, -0.2) is 30.1 Å². The summed E-state index contributed by atoms with van der Waals surface area (Å²) in [6, 6.07) is 5.46. The van der Waals surface area contributed by atoms with Gasteiger partial charge < -0.3 is 15.2 Å². The molecule has 1 aromatic rings. The quantitative estimate of drug-likeness (QED) is 0.817. The Morgan fingerprint density at radius 3 is 3.00 bits per heavy atom. The zero-order valence-electron chi connectivity index (χ0n) is 8.64. The molecule has 86 valence electrons. The maximum absolute atomic E-state index is 9.61. The molecule has 0 aromatic heterocycles. The molecule has 1 atom stereocenters. The minimum absolute atomic E-state index is 0. The number of nitrogens with one attached hydrogen (secondary N) is 1. The van der Waals surface area contributed by atoms with Crippen LogP contribution in [0, 0.1) is 0 Å². The summed E-state index contributed by atoms with van der Waals surface area (Å²) < 4.78 is 5.68. The molecule has 0 bridgehead atoms. The van der Waals surface area contributed by atoms with E-state index in [1.807, 2.05) is 12.1 Å². The number of phenolic OH excluding ortho intramolecular Hbond substituents is 1. The average molecular weight is 285 g/mol. The fourth-order valence-corrected chi connectivity index (χ4v) is 2.04. The number of rotatable bonds is 1. The number of halogens is 1. The second-order valence-corrected chi connectivity index (χ2v) is 3.77. The number of nitrogens with zero attached hydrogens (tertiary/aromatic N) is 1. The van der Waals surface area contributed by atoms with E-state index in [-0.39, 0.29) is 28.8 Å². The Labute approximate surface area is 104 Å². The molecule has 2 aliphatic rings. The van der Waals surface area contributed by atoms with E-state index in [0.29, 0.717) is 5.75 Å². The van der Waals surface area contributed by atoms with Crippen molar-refractivity contribution in [3.8, 4) is 11.5 Å². The lowest BCUT2D eigenvalue weighted by molar-refractivity contribution is 0.284. The molecular formula is C11H13BrN2O2. The van der Waals surface area contributed by atoms with Gasteiger partial charge in [-0.3, -0.25) is 4.99 Å². The highest BCUT2D eigenvalue weighted by Crippen LogP contribution is 2.37. The molecule has 0 saturated heterocycles. The van der Waals surface area contributed by atoms with E-state index in [1.54, 1.807) is 6.07 Å². The molecule has 2 heterocycles. The number of fused-ring (bicyclic) bond motifs is 1. The smallest absolute Gasteiger partial charge is 0.165 e. The summed E-state index contributed by atoms with van der Waals surface area (Å²) in [5, 5.41) is 12.8. The number of hydrogen-bond donors (Lipinski definition) is 2. The molecule has 0 saturated carbocycles. The first-order chi connectivity index (χ1) is 7.34. The van der Waals surface area contributed by atoms with Crippen LogP contribution in [0.15, 0.2) is 23.2 Å². The highest BCUT2D eigenvalue weighted by molar-refractivity contribution is 8.93. The summed E-state index contributed by atoms with van der Waals surface area (Å²) in [7, 11) is 0. The van der Waals surface area contributed by atoms with E-state index in [4.69, 9.17) is 4.74 Å². The van der Waals surface area contributed by atoms with Gasteiger partial charge in [-0.1, -0.05) is 12.1 Å². The average Bonchev–Trinajstić information content (AvgIpc) is 2.86. The Bertz CT molecular complexity index is 434. The molecule has 5 heteroatoms. The van der Waals surface area contributed by atoms with Gasteiger partial charge in [-0.15, -0.1) is 17.0 Å². The Hall–Kier alpha value is -1.23. The van der Waals surface area contributed by atoms with Crippen LogP contribution >= 0.6 is 17.0 Å². The third-order valence-corrected chi connectivity index (χ3v) is 2.75. The minimum atomic E-state index is -0.0456. The zero-order chi connectivity index (χ0) is 10.3. The van der Waals surface area contributed by atoms with Gasteiger partial charge in [0, 0.05) is 18.5 Å². The van der Waals surface area contributed by atoms with Crippen molar-refractivity contribution in [2.75, 3.05) is 13.1 Å². The molecule has 0 spiro atoms. The predicted octanol–water partition coefficient (Wildman–Crippen LogP) is 1.28. The molecule has 0 aliphatic carbocycles. The highest BCUT2D eigenvalue weighted by atomic mass is 79.9. The van der Waals surface area contributed by atoms with Crippen LogP contribution in [-0.2, 0) is 6.42 Å². The lowest BCUT2D eigenvalue weighted by atomic mass is 10.1. The molecule has 0 fully saturated rings. The van der Waals surface area contributed by atoms with E-state index in [0.717, 1.165) is 30.9 Å². The Morgan fingerprint density at radius 1 is 1.44 bits per heavy atom. The number of aromatic hydroxyl groups is 1. The molecule has 1 unspecified atom stereocenters. The van der Waals surface area contributed by atoms with Crippen molar-refractivity contribution in [1.82, 2.24) is 5.32 Å². The standard InChI is InChI=1S/C11H12N2O2.BrH/c14-8-3-1-2-7-6-9(15-10(7)8)11-12-4-5-13-11;/h1-3,9,14H,4-6H2,(H,12,13);1H. The monoisotopic (exact) mass is 284 g/mol. The maximum atomic E-state index is 9.61. The summed E-state index contributed by atoms with van der Waals surface area (Å²) >= 11 is 0. The van der Waals surface area contributed by atoms with Crippen molar-refractivity contribution in [3.63, 3.8) is 0 Å². The van der Waals surface area contributed by atoms with E-state index in [1.165, 1.54) is 0 Å². The third-order valence-electron chi connectivity index (χ3n) is 2.75. The van der Waals surface area contributed by atoms with Gasteiger partial charge in [0.1, 0.15) is 5.84 Å². The number of para-hydroxylation sites is 1. The van der Waals surface area contributed by atoms with Gasteiger partial charge in [0.25, 0.3) is 0 Å². The van der Waals surface area contributed by atoms with Gasteiger partial charge in [-0.2, -0.15) is 0 Å². The van der Waals surface area contributed by atoms with Crippen molar-refractivity contribution in [2.45, 2.75) is 12.5 Å². The van der Waals surface area contributed by atoms with Crippen LogP contribution in [0.2, 0.25) is 0 Å².